The predicted octanol–water partition coefficient (Wildman–Crippen LogP) is 4.30. The average Bonchev–Trinajstić information content (AvgIpc) is 3.07. The summed E-state index contributed by atoms with van der Waals surface area (Å²) in [6.07, 6.45) is -2.07. The first-order valence-corrected chi connectivity index (χ1v) is 9.85. The van der Waals surface area contributed by atoms with E-state index in [4.69, 9.17) is 16.3 Å². The SMILES string of the molecule is Cc1ccc(Oc2nccn3c(=O)n(CC(=O)Nc4ccc(Cl)cc4C(F)(F)F)nc23)cc1. The number of aromatic nitrogens is 4. The van der Waals surface area contributed by atoms with Crippen molar-refractivity contribution in [1.29, 1.82) is 0 Å². The Kier molecular flexibility index (Phi) is 5.81. The van der Waals surface area contributed by atoms with Gasteiger partial charge in [-0.1, -0.05) is 29.3 Å². The number of ether oxygens (including phenoxy) is 1. The number of nitrogens with one attached hydrogen (secondary N) is 1. The van der Waals surface area contributed by atoms with Gasteiger partial charge in [-0.2, -0.15) is 13.2 Å². The Bertz CT molecular complexity index is 1400. The van der Waals surface area contributed by atoms with Gasteiger partial charge in [-0.25, -0.2) is 18.9 Å². The molecule has 0 aliphatic carbocycles. The molecule has 2 aromatic heterocycles. The Morgan fingerprint density at radius 2 is 1.91 bits per heavy atom. The second-order valence-electron chi connectivity index (χ2n) is 7.02. The third-order valence-corrected chi connectivity index (χ3v) is 4.79. The third-order valence-electron chi connectivity index (χ3n) is 4.56. The lowest BCUT2D eigenvalue weighted by molar-refractivity contribution is -0.137. The van der Waals surface area contributed by atoms with E-state index < -0.39 is 35.6 Å². The first-order chi connectivity index (χ1) is 15.6. The van der Waals surface area contributed by atoms with Crippen LogP contribution in [0.3, 0.4) is 0 Å². The summed E-state index contributed by atoms with van der Waals surface area (Å²) in [4.78, 5) is 29.1. The van der Waals surface area contributed by atoms with Crippen LogP contribution < -0.4 is 15.7 Å². The first-order valence-electron chi connectivity index (χ1n) is 9.47. The van der Waals surface area contributed by atoms with E-state index in [0.29, 0.717) is 11.8 Å². The molecule has 0 fully saturated rings. The number of aryl methyl sites for hydroxylation is 1. The van der Waals surface area contributed by atoms with Crippen LogP contribution in [0.4, 0.5) is 18.9 Å². The molecule has 33 heavy (non-hydrogen) atoms. The number of benzene rings is 2. The van der Waals surface area contributed by atoms with Gasteiger partial charge in [0.15, 0.2) is 0 Å². The molecule has 0 aliphatic heterocycles. The van der Waals surface area contributed by atoms with Gasteiger partial charge in [0.2, 0.25) is 11.6 Å². The van der Waals surface area contributed by atoms with Gasteiger partial charge < -0.3 is 10.1 Å². The van der Waals surface area contributed by atoms with Crippen molar-refractivity contribution in [1.82, 2.24) is 19.2 Å². The third kappa shape index (κ3) is 4.82. The van der Waals surface area contributed by atoms with Gasteiger partial charge >= 0.3 is 11.9 Å². The highest BCUT2D eigenvalue weighted by atomic mass is 35.5. The van der Waals surface area contributed by atoms with Gasteiger partial charge in [-0.15, -0.1) is 5.10 Å². The predicted molar refractivity (Wildman–Crippen MR) is 114 cm³/mol. The van der Waals surface area contributed by atoms with Crippen molar-refractivity contribution in [2.75, 3.05) is 5.32 Å². The van der Waals surface area contributed by atoms with E-state index in [-0.39, 0.29) is 16.5 Å². The van der Waals surface area contributed by atoms with E-state index in [1.807, 2.05) is 19.1 Å². The number of amides is 1. The van der Waals surface area contributed by atoms with Crippen molar-refractivity contribution in [3.63, 3.8) is 0 Å². The van der Waals surface area contributed by atoms with E-state index in [9.17, 15) is 22.8 Å². The minimum Gasteiger partial charge on any atom is -0.436 e. The molecule has 0 saturated carbocycles. The minimum atomic E-state index is -4.73. The van der Waals surface area contributed by atoms with Crippen LogP contribution in [0.25, 0.3) is 5.65 Å². The van der Waals surface area contributed by atoms with Gasteiger partial charge in [-0.05, 0) is 37.3 Å². The number of carbonyl (C=O) groups excluding carboxylic acids is 1. The van der Waals surface area contributed by atoms with E-state index in [2.05, 4.69) is 15.4 Å². The molecule has 170 valence electrons. The standard InChI is InChI=1S/C21H15ClF3N5O3/c1-12-2-5-14(6-3-12)33-19-18-28-30(20(32)29(18)9-8-26-19)11-17(31)27-16-7-4-13(22)10-15(16)21(23,24)25/h2-10H,11H2,1H3,(H,27,31). The van der Waals surface area contributed by atoms with Crippen molar-refractivity contribution < 1.29 is 22.7 Å². The highest BCUT2D eigenvalue weighted by Crippen LogP contribution is 2.36. The summed E-state index contributed by atoms with van der Waals surface area (Å²) < 4.78 is 47.4. The number of anilines is 1. The number of fused-ring (bicyclic) bond motifs is 1. The molecular weight excluding hydrogens is 463 g/mol. The van der Waals surface area contributed by atoms with Crippen LogP contribution in [0.2, 0.25) is 5.02 Å². The van der Waals surface area contributed by atoms with Crippen molar-refractivity contribution >= 4 is 28.8 Å². The van der Waals surface area contributed by atoms with Crippen molar-refractivity contribution in [2.45, 2.75) is 19.6 Å². The zero-order chi connectivity index (χ0) is 23.8. The van der Waals surface area contributed by atoms with E-state index in [1.54, 1.807) is 12.1 Å². The molecule has 0 unspecified atom stereocenters. The number of halogens is 4. The zero-order valence-corrected chi connectivity index (χ0v) is 17.7. The summed E-state index contributed by atoms with van der Waals surface area (Å²) in [5.41, 5.74) is -1.22. The lowest BCUT2D eigenvalue weighted by Gasteiger charge is -2.14. The number of rotatable bonds is 5. The molecule has 0 atom stereocenters. The maximum Gasteiger partial charge on any atom is 0.418 e. The van der Waals surface area contributed by atoms with Crippen LogP contribution in [-0.4, -0.2) is 25.1 Å². The molecular formula is C21H15ClF3N5O3. The molecule has 1 amide bonds. The maximum atomic E-state index is 13.3. The number of hydrogen-bond acceptors (Lipinski definition) is 5. The normalized spacial score (nSPS) is 11.5. The van der Waals surface area contributed by atoms with Crippen LogP contribution >= 0.6 is 11.6 Å². The van der Waals surface area contributed by atoms with Crippen molar-refractivity contribution in [2.24, 2.45) is 0 Å². The summed E-state index contributed by atoms with van der Waals surface area (Å²) in [5, 5.41) is 6.09. The fraction of sp³-hybridized carbons (Fsp3) is 0.143. The molecule has 12 heteroatoms. The second kappa shape index (κ2) is 8.58. The maximum absolute atomic E-state index is 13.3. The highest BCUT2D eigenvalue weighted by Gasteiger charge is 2.34. The quantitative estimate of drug-likeness (QED) is 0.463. The van der Waals surface area contributed by atoms with Gasteiger partial charge in [0.1, 0.15) is 12.3 Å². The van der Waals surface area contributed by atoms with Gasteiger partial charge in [0.25, 0.3) is 5.88 Å². The summed E-state index contributed by atoms with van der Waals surface area (Å²) in [6.45, 7) is 1.28. The molecule has 2 heterocycles. The molecule has 4 rings (SSSR count). The molecule has 1 N–H and O–H groups in total. The smallest absolute Gasteiger partial charge is 0.418 e. The van der Waals surface area contributed by atoms with E-state index >= 15 is 0 Å². The zero-order valence-electron chi connectivity index (χ0n) is 16.9. The van der Waals surface area contributed by atoms with Gasteiger partial charge in [0.05, 0.1) is 11.3 Å². The van der Waals surface area contributed by atoms with Crippen molar-refractivity contribution in [3.8, 4) is 11.6 Å². The molecule has 2 aromatic carbocycles. The van der Waals surface area contributed by atoms with Crippen LogP contribution in [-0.2, 0) is 17.5 Å². The number of nitrogens with zero attached hydrogens (tertiary/aromatic N) is 4. The Balaban J connectivity index is 1.60. The number of carbonyl (C=O) groups is 1. The molecule has 0 spiro atoms. The Morgan fingerprint density at radius 1 is 1.18 bits per heavy atom. The molecule has 0 aliphatic rings. The molecule has 0 saturated heterocycles. The molecule has 0 radical (unpaired) electrons. The fourth-order valence-electron chi connectivity index (χ4n) is 3.00. The Morgan fingerprint density at radius 3 is 2.61 bits per heavy atom. The van der Waals surface area contributed by atoms with E-state index in [0.717, 1.165) is 20.7 Å². The van der Waals surface area contributed by atoms with Crippen LogP contribution in [0.15, 0.2) is 59.7 Å². The lowest BCUT2D eigenvalue weighted by atomic mass is 10.1. The number of hydrogen-bond donors (Lipinski definition) is 1. The molecule has 8 nitrogen and oxygen atoms in total. The Labute approximate surface area is 189 Å². The first kappa shape index (κ1) is 22.3. The molecule has 0 bridgehead atoms. The lowest BCUT2D eigenvalue weighted by Crippen LogP contribution is -2.28. The number of alkyl halides is 3. The summed E-state index contributed by atoms with van der Waals surface area (Å²) in [7, 11) is 0. The highest BCUT2D eigenvalue weighted by molar-refractivity contribution is 6.30. The van der Waals surface area contributed by atoms with Gasteiger partial charge in [0, 0.05) is 17.4 Å². The van der Waals surface area contributed by atoms with Crippen LogP contribution in [0, 0.1) is 6.92 Å². The van der Waals surface area contributed by atoms with Crippen LogP contribution in [0.1, 0.15) is 11.1 Å². The largest absolute Gasteiger partial charge is 0.436 e. The summed E-state index contributed by atoms with van der Waals surface area (Å²) in [5.74, 6) is -0.402. The second-order valence-corrected chi connectivity index (χ2v) is 7.45. The fourth-order valence-corrected chi connectivity index (χ4v) is 3.18. The summed E-state index contributed by atoms with van der Waals surface area (Å²) in [6, 6.07) is 10.0. The van der Waals surface area contributed by atoms with E-state index in [1.165, 1.54) is 18.5 Å². The van der Waals surface area contributed by atoms with Crippen LogP contribution in [0.5, 0.6) is 11.6 Å². The topological polar surface area (TPSA) is 90.5 Å². The minimum absolute atomic E-state index is 0.0228. The monoisotopic (exact) mass is 477 g/mol. The summed E-state index contributed by atoms with van der Waals surface area (Å²) >= 11 is 5.65. The molecule has 4 aromatic rings. The Hall–Kier alpha value is -3.86. The van der Waals surface area contributed by atoms with Crippen molar-refractivity contribution in [3.05, 3.63) is 81.5 Å². The van der Waals surface area contributed by atoms with Gasteiger partial charge in [-0.3, -0.25) is 4.79 Å². The average molecular weight is 478 g/mol.